The molecular weight excluding hydrogens is 282 g/mol. The second kappa shape index (κ2) is 5.81. The van der Waals surface area contributed by atoms with Gasteiger partial charge < -0.3 is 0 Å². The molecule has 106 valence electrons. The van der Waals surface area contributed by atoms with E-state index in [-0.39, 0.29) is 6.04 Å². The van der Waals surface area contributed by atoms with Crippen molar-refractivity contribution in [3.8, 4) is 0 Å². The van der Waals surface area contributed by atoms with Crippen molar-refractivity contribution in [1.29, 1.82) is 0 Å². The molecule has 1 saturated heterocycles. The average molecular weight is 302 g/mol. The van der Waals surface area contributed by atoms with Crippen molar-refractivity contribution < 1.29 is 8.42 Å². The van der Waals surface area contributed by atoms with E-state index in [1.165, 1.54) is 0 Å². The highest BCUT2D eigenvalue weighted by Crippen LogP contribution is 2.28. The molecule has 1 aliphatic heterocycles. The molecule has 0 N–H and O–H groups in total. The summed E-state index contributed by atoms with van der Waals surface area (Å²) in [6.07, 6.45) is 2.03. The van der Waals surface area contributed by atoms with Crippen molar-refractivity contribution >= 4 is 21.6 Å². The summed E-state index contributed by atoms with van der Waals surface area (Å²) >= 11 is 5.72. The van der Waals surface area contributed by atoms with Crippen LogP contribution in [-0.2, 0) is 15.9 Å². The first-order valence-corrected chi connectivity index (χ1v) is 8.61. The van der Waals surface area contributed by atoms with E-state index in [0.29, 0.717) is 23.2 Å². The maximum absolute atomic E-state index is 12.6. The van der Waals surface area contributed by atoms with E-state index >= 15 is 0 Å². The first-order valence-electron chi connectivity index (χ1n) is 6.63. The van der Waals surface area contributed by atoms with E-state index in [0.717, 1.165) is 18.4 Å². The predicted octanol–water partition coefficient (Wildman–Crippen LogP) is 3.23. The summed E-state index contributed by atoms with van der Waals surface area (Å²) in [5.74, 6) is 0.808. The predicted molar refractivity (Wildman–Crippen MR) is 77.8 cm³/mol. The Labute approximate surface area is 120 Å². The molecule has 19 heavy (non-hydrogen) atoms. The van der Waals surface area contributed by atoms with Crippen LogP contribution in [0.1, 0.15) is 32.3 Å². The molecule has 0 aliphatic carbocycles. The van der Waals surface area contributed by atoms with Crippen molar-refractivity contribution in [2.24, 2.45) is 5.92 Å². The number of piperidine rings is 1. The fraction of sp³-hybridized carbons (Fsp3) is 0.571. The molecule has 0 radical (unpaired) electrons. The van der Waals surface area contributed by atoms with Gasteiger partial charge in [0.1, 0.15) is 0 Å². The Morgan fingerprint density at radius 3 is 2.47 bits per heavy atom. The number of hydrogen-bond donors (Lipinski definition) is 0. The van der Waals surface area contributed by atoms with Crippen molar-refractivity contribution in [3.05, 3.63) is 29.8 Å². The van der Waals surface area contributed by atoms with Crippen LogP contribution in [0.15, 0.2) is 29.2 Å². The molecule has 1 heterocycles. The van der Waals surface area contributed by atoms with Gasteiger partial charge in [-0.05, 0) is 43.4 Å². The number of nitrogens with zero attached hydrogens (tertiary/aromatic N) is 1. The Balaban J connectivity index is 2.30. The van der Waals surface area contributed by atoms with Crippen molar-refractivity contribution in [2.75, 3.05) is 6.54 Å². The largest absolute Gasteiger partial charge is 0.243 e. The third-order valence-electron chi connectivity index (χ3n) is 4.00. The summed E-state index contributed by atoms with van der Waals surface area (Å²) in [7, 11) is -3.38. The summed E-state index contributed by atoms with van der Waals surface area (Å²) in [6.45, 7) is 4.72. The number of halogens is 1. The Hall–Kier alpha value is -0.580. The fourth-order valence-corrected chi connectivity index (χ4v) is 4.47. The van der Waals surface area contributed by atoms with Gasteiger partial charge in [-0.2, -0.15) is 4.31 Å². The lowest BCUT2D eigenvalue weighted by Gasteiger charge is -2.36. The van der Waals surface area contributed by atoms with Crippen LogP contribution < -0.4 is 0 Å². The molecule has 1 aromatic carbocycles. The number of sulfonamides is 1. The Morgan fingerprint density at radius 1 is 1.26 bits per heavy atom. The molecule has 0 aromatic heterocycles. The first-order chi connectivity index (χ1) is 8.96. The SMILES string of the molecule is CC1CCCN(S(=O)(=O)c2ccc(CCl)cc2)C1C. The molecule has 1 fully saturated rings. The molecule has 0 bridgehead atoms. The van der Waals surface area contributed by atoms with Crippen molar-refractivity contribution in [3.63, 3.8) is 0 Å². The normalized spacial score (nSPS) is 25.4. The van der Waals surface area contributed by atoms with Gasteiger partial charge >= 0.3 is 0 Å². The average Bonchev–Trinajstić information content (AvgIpc) is 2.41. The zero-order chi connectivity index (χ0) is 14.0. The van der Waals surface area contributed by atoms with E-state index in [2.05, 4.69) is 6.92 Å². The maximum atomic E-state index is 12.6. The molecule has 1 aliphatic rings. The summed E-state index contributed by atoms with van der Waals surface area (Å²) in [6, 6.07) is 6.92. The van der Waals surface area contributed by atoms with Crippen LogP contribution in [0.2, 0.25) is 0 Å². The lowest BCUT2D eigenvalue weighted by Crippen LogP contribution is -2.45. The lowest BCUT2D eigenvalue weighted by molar-refractivity contribution is 0.202. The molecular formula is C14H20ClNO2S. The Kier molecular flexibility index (Phi) is 4.54. The quantitative estimate of drug-likeness (QED) is 0.804. The van der Waals surface area contributed by atoms with Crippen LogP contribution in [0.4, 0.5) is 0 Å². The van der Waals surface area contributed by atoms with Gasteiger partial charge in [-0.25, -0.2) is 8.42 Å². The Morgan fingerprint density at radius 2 is 1.89 bits per heavy atom. The van der Waals surface area contributed by atoms with Crippen LogP contribution in [0.3, 0.4) is 0 Å². The topological polar surface area (TPSA) is 37.4 Å². The third-order valence-corrected chi connectivity index (χ3v) is 6.31. The standard InChI is InChI=1S/C14H20ClNO2S/c1-11-4-3-9-16(12(11)2)19(17,18)14-7-5-13(10-15)6-8-14/h5-8,11-12H,3-4,9-10H2,1-2H3. The van der Waals surface area contributed by atoms with Crippen molar-refractivity contribution in [2.45, 2.75) is 43.5 Å². The molecule has 1 aromatic rings. The van der Waals surface area contributed by atoms with Crippen LogP contribution in [0, 0.1) is 5.92 Å². The zero-order valence-electron chi connectivity index (χ0n) is 11.3. The second-order valence-corrected chi connectivity index (χ2v) is 7.41. The molecule has 2 atom stereocenters. The number of alkyl halides is 1. The summed E-state index contributed by atoms with van der Waals surface area (Å²) in [4.78, 5) is 0.363. The molecule has 0 amide bonds. The van der Waals surface area contributed by atoms with E-state index in [4.69, 9.17) is 11.6 Å². The summed E-state index contributed by atoms with van der Waals surface area (Å²) in [5, 5.41) is 0. The molecule has 0 saturated carbocycles. The van der Waals surface area contributed by atoms with Gasteiger partial charge in [-0.3, -0.25) is 0 Å². The van der Waals surface area contributed by atoms with Gasteiger partial charge in [-0.15, -0.1) is 11.6 Å². The summed E-state index contributed by atoms with van der Waals surface area (Å²) in [5.41, 5.74) is 0.931. The number of hydrogen-bond acceptors (Lipinski definition) is 2. The highest BCUT2D eigenvalue weighted by atomic mass is 35.5. The van der Waals surface area contributed by atoms with Gasteiger partial charge in [0.2, 0.25) is 10.0 Å². The maximum Gasteiger partial charge on any atom is 0.243 e. The van der Waals surface area contributed by atoms with Gasteiger partial charge in [0.05, 0.1) is 4.90 Å². The van der Waals surface area contributed by atoms with E-state index in [1.807, 2.05) is 6.92 Å². The molecule has 2 rings (SSSR count). The first kappa shape index (κ1) is 14.8. The fourth-order valence-electron chi connectivity index (χ4n) is 2.52. The van der Waals surface area contributed by atoms with E-state index < -0.39 is 10.0 Å². The van der Waals surface area contributed by atoms with Crippen molar-refractivity contribution in [1.82, 2.24) is 4.31 Å². The molecule has 2 unspecified atom stereocenters. The number of rotatable bonds is 3. The molecule has 0 spiro atoms. The van der Waals surface area contributed by atoms with Crippen LogP contribution in [-0.4, -0.2) is 25.3 Å². The highest BCUT2D eigenvalue weighted by molar-refractivity contribution is 7.89. The second-order valence-electron chi connectivity index (χ2n) is 5.25. The van der Waals surface area contributed by atoms with Gasteiger partial charge in [0.15, 0.2) is 0 Å². The molecule has 5 heteroatoms. The zero-order valence-corrected chi connectivity index (χ0v) is 12.9. The lowest BCUT2D eigenvalue weighted by atomic mass is 9.94. The Bertz CT molecular complexity index is 527. The minimum absolute atomic E-state index is 0.0615. The monoisotopic (exact) mass is 301 g/mol. The van der Waals surface area contributed by atoms with Gasteiger partial charge in [-0.1, -0.05) is 19.1 Å². The van der Waals surface area contributed by atoms with E-state index in [9.17, 15) is 8.42 Å². The van der Waals surface area contributed by atoms with Crippen LogP contribution in [0.25, 0.3) is 0 Å². The number of benzene rings is 1. The summed E-state index contributed by atoms with van der Waals surface area (Å²) < 4.78 is 26.9. The van der Waals surface area contributed by atoms with E-state index in [1.54, 1.807) is 28.6 Å². The van der Waals surface area contributed by atoms with Crippen LogP contribution >= 0.6 is 11.6 Å². The van der Waals surface area contributed by atoms with Gasteiger partial charge in [0, 0.05) is 18.5 Å². The molecule has 3 nitrogen and oxygen atoms in total. The minimum atomic E-state index is -3.38. The smallest absolute Gasteiger partial charge is 0.207 e. The van der Waals surface area contributed by atoms with Crippen LogP contribution in [0.5, 0.6) is 0 Å². The minimum Gasteiger partial charge on any atom is -0.207 e. The highest BCUT2D eigenvalue weighted by Gasteiger charge is 2.34. The third kappa shape index (κ3) is 2.96. The van der Waals surface area contributed by atoms with Gasteiger partial charge in [0.25, 0.3) is 0 Å².